The van der Waals surface area contributed by atoms with Crippen LogP contribution in [0.5, 0.6) is 5.75 Å². The molecular formula is C35H40N8O4. The number of anilines is 2. The molecule has 12 heteroatoms. The van der Waals surface area contributed by atoms with E-state index in [1.165, 1.54) is 5.69 Å². The Morgan fingerprint density at radius 3 is 2.11 bits per heavy atom. The number of nitrogens with zero attached hydrogens (tertiary/aromatic N) is 8. The minimum Gasteiger partial charge on any atom is -0.491 e. The highest BCUT2D eigenvalue weighted by molar-refractivity contribution is 5.54. The first-order valence-corrected chi connectivity index (χ1v) is 16.2. The first kappa shape index (κ1) is 30.7. The molecule has 2 aliphatic heterocycles. The lowest BCUT2D eigenvalue weighted by Crippen LogP contribution is -2.46. The number of ether oxygens (including phenoxy) is 3. The van der Waals surface area contributed by atoms with E-state index in [0.717, 1.165) is 55.3 Å². The van der Waals surface area contributed by atoms with Gasteiger partial charge in [0.25, 0.3) is 0 Å². The second-order valence-electron chi connectivity index (χ2n) is 12.0. The van der Waals surface area contributed by atoms with Crippen molar-refractivity contribution in [3.63, 3.8) is 0 Å². The van der Waals surface area contributed by atoms with Gasteiger partial charge < -0.3 is 24.0 Å². The van der Waals surface area contributed by atoms with E-state index in [1.54, 1.807) is 32.8 Å². The summed E-state index contributed by atoms with van der Waals surface area (Å²) in [6.07, 6.45) is 5.51. The Balaban J connectivity index is 0.913. The lowest BCUT2D eigenvalue weighted by molar-refractivity contribution is -0.192. The van der Waals surface area contributed by atoms with E-state index in [4.69, 9.17) is 14.2 Å². The summed E-state index contributed by atoms with van der Waals surface area (Å²) in [4.78, 5) is 19.1. The predicted molar refractivity (Wildman–Crippen MR) is 178 cm³/mol. The van der Waals surface area contributed by atoms with Gasteiger partial charge in [-0.15, -0.1) is 0 Å². The van der Waals surface area contributed by atoms with Crippen molar-refractivity contribution in [2.45, 2.75) is 44.7 Å². The van der Waals surface area contributed by atoms with Crippen LogP contribution in [0, 0.1) is 0 Å². The normalized spacial score (nSPS) is 20.4. The summed E-state index contributed by atoms with van der Waals surface area (Å²) in [5.74, 6) is -0.185. The van der Waals surface area contributed by atoms with Gasteiger partial charge in [-0.2, -0.15) is 20.1 Å². The van der Waals surface area contributed by atoms with Crippen LogP contribution < -0.4 is 20.2 Å². The Kier molecular flexibility index (Phi) is 8.77. The van der Waals surface area contributed by atoms with Gasteiger partial charge in [-0.25, -0.2) is 14.0 Å². The number of hydrogen-bond donors (Lipinski definition) is 0. The molecule has 2 fully saturated rings. The smallest absolute Gasteiger partial charge is 0.350 e. The minimum atomic E-state index is -0.973. The van der Waals surface area contributed by atoms with E-state index in [1.807, 2.05) is 61.5 Å². The average molecular weight is 637 g/mol. The zero-order valence-electron chi connectivity index (χ0n) is 26.8. The first-order chi connectivity index (χ1) is 23.0. The van der Waals surface area contributed by atoms with Gasteiger partial charge in [0.05, 0.1) is 30.7 Å². The van der Waals surface area contributed by atoms with Gasteiger partial charge in [-0.1, -0.05) is 37.3 Å². The highest BCUT2D eigenvalue weighted by Gasteiger charge is 2.44. The number of hydrogen-bond acceptors (Lipinski definition) is 9. The van der Waals surface area contributed by atoms with E-state index in [0.29, 0.717) is 19.8 Å². The molecule has 0 saturated carbocycles. The van der Waals surface area contributed by atoms with Gasteiger partial charge in [-0.05, 0) is 61.9 Å². The Bertz CT molecular complexity index is 1780. The Morgan fingerprint density at radius 1 is 0.851 bits per heavy atom. The second-order valence-corrected chi connectivity index (χ2v) is 12.0. The summed E-state index contributed by atoms with van der Waals surface area (Å²) in [6, 6.07) is 26.4. The van der Waals surface area contributed by atoms with Crippen molar-refractivity contribution < 1.29 is 14.2 Å². The molecule has 3 atom stereocenters. The molecule has 2 saturated heterocycles. The quantitative estimate of drug-likeness (QED) is 0.210. The molecule has 244 valence electrons. The van der Waals surface area contributed by atoms with E-state index in [9.17, 15) is 4.79 Å². The molecule has 0 bridgehead atoms. The molecule has 0 N–H and O–H groups in total. The molecule has 3 aromatic carbocycles. The largest absolute Gasteiger partial charge is 0.491 e. The van der Waals surface area contributed by atoms with E-state index in [-0.39, 0.29) is 17.8 Å². The van der Waals surface area contributed by atoms with Crippen LogP contribution in [0.15, 0.2) is 102 Å². The molecule has 7 rings (SSSR count). The molecule has 5 aromatic rings. The maximum atomic E-state index is 12.8. The molecular weight excluding hydrogens is 596 g/mol. The molecule has 0 unspecified atom stereocenters. The molecule has 12 nitrogen and oxygen atoms in total. The Hall–Kier alpha value is -4.94. The third-order valence-electron chi connectivity index (χ3n) is 9.00. The van der Waals surface area contributed by atoms with Crippen molar-refractivity contribution in [1.82, 2.24) is 29.3 Å². The van der Waals surface area contributed by atoms with Gasteiger partial charge in [0.15, 0.2) is 0 Å². The molecule has 2 aromatic heterocycles. The van der Waals surface area contributed by atoms with Crippen LogP contribution >= 0.6 is 0 Å². The zero-order valence-corrected chi connectivity index (χ0v) is 26.8. The summed E-state index contributed by atoms with van der Waals surface area (Å²) in [6.45, 7) is 8.79. The number of rotatable bonds is 11. The molecule has 2 aliphatic rings. The first-order valence-electron chi connectivity index (χ1n) is 16.2. The van der Waals surface area contributed by atoms with Crippen molar-refractivity contribution in [1.29, 1.82) is 0 Å². The topological polar surface area (TPSA) is 105 Å². The fourth-order valence-corrected chi connectivity index (χ4v) is 6.13. The van der Waals surface area contributed by atoms with Gasteiger partial charge in [0.1, 0.15) is 31.3 Å². The summed E-state index contributed by atoms with van der Waals surface area (Å²) in [5, 5.41) is 12.8. The lowest BCUT2D eigenvalue weighted by Gasteiger charge is -2.37. The SMILES string of the molecule is CC[C@@H](C)n1ncn(-c2ccc(N3CCN(c4ccc(OC[C@@H]5CO[C@](Cn6nccn6)(c6ccccc6)O5)cc4)CC3)cc2)c1=O. The van der Waals surface area contributed by atoms with E-state index in [2.05, 4.69) is 56.3 Å². The van der Waals surface area contributed by atoms with E-state index >= 15 is 0 Å². The third-order valence-corrected chi connectivity index (χ3v) is 9.00. The summed E-state index contributed by atoms with van der Waals surface area (Å²) in [7, 11) is 0. The van der Waals surface area contributed by atoms with Crippen LogP contribution in [0.4, 0.5) is 11.4 Å². The standard InChI is InChI=1S/C35H40N8O4/c1-3-27(2)43-34(44)41(26-38-43)31-11-9-29(10-12-31)39-19-21-40(22-20-39)30-13-15-32(16-14-30)45-23-33-24-46-35(47-33,25-42-36-17-18-37-42)28-7-5-4-6-8-28/h4-18,26-27,33H,3,19-25H2,1-2H3/t27-,33-,35+/m1/s1. The summed E-state index contributed by atoms with van der Waals surface area (Å²) >= 11 is 0. The predicted octanol–water partition coefficient (Wildman–Crippen LogP) is 4.27. The van der Waals surface area contributed by atoms with Gasteiger partial charge in [-0.3, -0.25) is 0 Å². The Labute approximate surface area is 273 Å². The van der Waals surface area contributed by atoms with Crippen LogP contribution in [0.1, 0.15) is 31.9 Å². The summed E-state index contributed by atoms with van der Waals surface area (Å²) in [5.41, 5.74) is 3.95. The number of benzene rings is 3. The van der Waals surface area contributed by atoms with Crippen molar-refractivity contribution in [3.05, 3.63) is 114 Å². The minimum absolute atomic E-state index is 0.0721. The molecule has 4 heterocycles. The molecule has 0 amide bonds. The lowest BCUT2D eigenvalue weighted by atomic mass is 10.1. The fraction of sp³-hybridized carbons (Fsp3) is 0.371. The maximum Gasteiger partial charge on any atom is 0.350 e. The van der Waals surface area contributed by atoms with Crippen LogP contribution in [0.3, 0.4) is 0 Å². The second kappa shape index (κ2) is 13.4. The fourth-order valence-electron chi connectivity index (χ4n) is 6.13. The molecule has 0 aliphatic carbocycles. The molecule has 0 spiro atoms. The third kappa shape index (κ3) is 6.51. The monoisotopic (exact) mass is 636 g/mol. The van der Waals surface area contributed by atoms with Crippen molar-refractivity contribution in [2.24, 2.45) is 0 Å². The van der Waals surface area contributed by atoms with Crippen LogP contribution in [-0.4, -0.2) is 74.8 Å². The van der Waals surface area contributed by atoms with Gasteiger partial charge in [0, 0.05) is 43.1 Å². The van der Waals surface area contributed by atoms with Crippen LogP contribution in [-0.2, 0) is 21.8 Å². The van der Waals surface area contributed by atoms with Crippen molar-refractivity contribution in [3.8, 4) is 11.4 Å². The Morgan fingerprint density at radius 2 is 1.47 bits per heavy atom. The van der Waals surface area contributed by atoms with Gasteiger partial charge >= 0.3 is 5.69 Å². The maximum absolute atomic E-state index is 12.8. The van der Waals surface area contributed by atoms with Gasteiger partial charge in [0.2, 0.25) is 5.79 Å². The van der Waals surface area contributed by atoms with Crippen molar-refractivity contribution in [2.75, 3.05) is 49.2 Å². The highest BCUT2D eigenvalue weighted by atomic mass is 16.8. The van der Waals surface area contributed by atoms with Crippen LogP contribution in [0.25, 0.3) is 5.69 Å². The molecule has 47 heavy (non-hydrogen) atoms. The van der Waals surface area contributed by atoms with E-state index < -0.39 is 5.79 Å². The zero-order chi connectivity index (χ0) is 32.2. The highest BCUT2D eigenvalue weighted by Crippen LogP contribution is 2.36. The number of piperazine rings is 1. The number of aromatic nitrogens is 6. The van der Waals surface area contributed by atoms with Crippen molar-refractivity contribution >= 4 is 11.4 Å². The van der Waals surface area contributed by atoms with Crippen LogP contribution in [0.2, 0.25) is 0 Å². The average Bonchev–Trinajstić information content (AvgIpc) is 3.89. The summed E-state index contributed by atoms with van der Waals surface area (Å²) < 4.78 is 22.0. The molecule has 0 radical (unpaired) electrons.